The number of halogens is 3. The molecule has 0 saturated heterocycles. The number of nitrogens with zero attached hydrogens (tertiary/aromatic N) is 1. The molecule has 3 rings (SSSR count). The number of carbonyl (C=O) groups excluding carboxylic acids is 2. The van der Waals surface area contributed by atoms with Crippen LogP contribution in [-0.2, 0) is 16.0 Å². The standard InChI is InChI=1S/C22H19F3N2O5/c1-10-12(9-17(29)26-22(2,3)21(31)32)18-15(6-7-16(28)19(18)25)27(10)20(30)11-4-5-13(23)14(24)8-11/h4-8,28H,9H2,1-3H3,(H,26,29)(H,31,32). The van der Waals surface area contributed by atoms with Gasteiger partial charge in [-0.3, -0.25) is 14.2 Å². The van der Waals surface area contributed by atoms with E-state index in [9.17, 15) is 37.8 Å². The number of aromatic nitrogens is 1. The van der Waals surface area contributed by atoms with Crippen molar-refractivity contribution >= 4 is 28.7 Å². The summed E-state index contributed by atoms with van der Waals surface area (Å²) in [6.07, 6.45) is -0.503. The average Bonchev–Trinajstić information content (AvgIpc) is 2.97. The first-order valence-corrected chi connectivity index (χ1v) is 9.40. The molecule has 0 saturated carbocycles. The van der Waals surface area contributed by atoms with Crippen molar-refractivity contribution < 1.29 is 37.8 Å². The number of carbonyl (C=O) groups is 3. The summed E-state index contributed by atoms with van der Waals surface area (Å²) in [6.45, 7) is 3.95. The van der Waals surface area contributed by atoms with E-state index in [1.165, 1.54) is 26.8 Å². The number of benzene rings is 2. The number of aliphatic carboxylic acids is 1. The Bertz CT molecular complexity index is 1280. The van der Waals surface area contributed by atoms with E-state index < -0.39 is 52.9 Å². The second-order valence-corrected chi connectivity index (χ2v) is 7.78. The van der Waals surface area contributed by atoms with Crippen molar-refractivity contribution in [1.82, 2.24) is 9.88 Å². The monoisotopic (exact) mass is 448 g/mol. The molecule has 1 amide bonds. The number of amides is 1. The van der Waals surface area contributed by atoms with E-state index in [1.807, 2.05) is 0 Å². The first-order valence-electron chi connectivity index (χ1n) is 9.40. The van der Waals surface area contributed by atoms with Crippen LogP contribution in [0.1, 0.15) is 35.5 Å². The van der Waals surface area contributed by atoms with Gasteiger partial charge in [-0.15, -0.1) is 0 Å². The van der Waals surface area contributed by atoms with E-state index >= 15 is 0 Å². The van der Waals surface area contributed by atoms with Crippen molar-refractivity contribution in [2.24, 2.45) is 0 Å². The van der Waals surface area contributed by atoms with Gasteiger partial charge < -0.3 is 15.5 Å². The van der Waals surface area contributed by atoms with Crippen LogP contribution in [0.5, 0.6) is 5.75 Å². The highest BCUT2D eigenvalue weighted by Crippen LogP contribution is 2.33. The van der Waals surface area contributed by atoms with Crippen molar-refractivity contribution in [3.8, 4) is 5.75 Å². The van der Waals surface area contributed by atoms with Crippen LogP contribution in [0.15, 0.2) is 30.3 Å². The molecule has 1 aromatic heterocycles. The van der Waals surface area contributed by atoms with Gasteiger partial charge in [-0.25, -0.2) is 18.0 Å². The summed E-state index contributed by atoms with van der Waals surface area (Å²) in [7, 11) is 0. The number of phenols is 1. The molecule has 0 aliphatic rings. The maximum Gasteiger partial charge on any atom is 0.328 e. The van der Waals surface area contributed by atoms with Crippen LogP contribution in [0.2, 0.25) is 0 Å². The van der Waals surface area contributed by atoms with Gasteiger partial charge in [0.25, 0.3) is 5.91 Å². The molecule has 7 nitrogen and oxygen atoms in total. The van der Waals surface area contributed by atoms with Gasteiger partial charge in [0.15, 0.2) is 23.2 Å². The smallest absolute Gasteiger partial charge is 0.328 e. The lowest BCUT2D eigenvalue weighted by atomic mass is 10.0. The normalized spacial score (nSPS) is 11.6. The lowest BCUT2D eigenvalue weighted by Crippen LogP contribution is -2.50. The summed E-state index contributed by atoms with van der Waals surface area (Å²) in [5.74, 6) is -7.06. The summed E-state index contributed by atoms with van der Waals surface area (Å²) in [6, 6.07) is 4.80. The molecule has 1 heterocycles. The summed E-state index contributed by atoms with van der Waals surface area (Å²) in [4.78, 5) is 36.9. The highest BCUT2D eigenvalue weighted by Gasteiger charge is 2.31. The van der Waals surface area contributed by atoms with Gasteiger partial charge in [-0.1, -0.05) is 0 Å². The number of nitrogens with one attached hydrogen (secondary N) is 1. The van der Waals surface area contributed by atoms with Gasteiger partial charge >= 0.3 is 5.97 Å². The number of phenolic OH excluding ortho intramolecular Hbond substituents is 1. The molecule has 168 valence electrons. The minimum absolute atomic E-state index is 0.00664. The Morgan fingerprint density at radius 1 is 1.06 bits per heavy atom. The second-order valence-electron chi connectivity index (χ2n) is 7.78. The predicted octanol–water partition coefficient (Wildman–Crippen LogP) is 3.28. The highest BCUT2D eigenvalue weighted by atomic mass is 19.2. The Morgan fingerprint density at radius 2 is 1.72 bits per heavy atom. The topological polar surface area (TPSA) is 109 Å². The molecule has 32 heavy (non-hydrogen) atoms. The van der Waals surface area contributed by atoms with Crippen LogP contribution in [0.4, 0.5) is 13.2 Å². The molecular weight excluding hydrogens is 429 g/mol. The van der Waals surface area contributed by atoms with Crippen LogP contribution in [0.25, 0.3) is 10.9 Å². The van der Waals surface area contributed by atoms with Crippen molar-refractivity contribution in [1.29, 1.82) is 0 Å². The molecule has 0 unspecified atom stereocenters. The fourth-order valence-corrected chi connectivity index (χ4v) is 3.37. The van der Waals surface area contributed by atoms with E-state index in [1.54, 1.807) is 0 Å². The fourth-order valence-electron chi connectivity index (χ4n) is 3.37. The third-order valence-electron chi connectivity index (χ3n) is 5.11. The Labute approximate surface area is 180 Å². The Morgan fingerprint density at radius 3 is 2.31 bits per heavy atom. The Kier molecular flexibility index (Phi) is 5.73. The third-order valence-corrected chi connectivity index (χ3v) is 5.11. The number of fused-ring (bicyclic) bond motifs is 1. The largest absolute Gasteiger partial charge is 0.505 e. The van der Waals surface area contributed by atoms with E-state index in [-0.39, 0.29) is 27.7 Å². The van der Waals surface area contributed by atoms with E-state index in [4.69, 9.17) is 0 Å². The van der Waals surface area contributed by atoms with Crippen LogP contribution in [-0.4, -0.2) is 38.1 Å². The second kappa shape index (κ2) is 8.03. The molecule has 2 aromatic carbocycles. The van der Waals surface area contributed by atoms with Gasteiger partial charge in [0, 0.05) is 16.6 Å². The van der Waals surface area contributed by atoms with Crippen molar-refractivity contribution in [3.63, 3.8) is 0 Å². The maximum absolute atomic E-state index is 14.8. The molecule has 0 bridgehead atoms. The zero-order valence-corrected chi connectivity index (χ0v) is 17.3. The van der Waals surface area contributed by atoms with Crippen molar-refractivity contribution in [2.45, 2.75) is 32.7 Å². The summed E-state index contributed by atoms with van der Waals surface area (Å²) < 4.78 is 42.8. The van der Waals surface area contributed by atoms with Crippen LogP contribution in [0, 0.1) is 24.4 Å². The van der Waals surface area contributed by atoms with Gasteiger partial charge in [0.1, 0.15) is 5.54 Å². The first kappa shape index (κ1) is 22.9. The SMILES string of the molecule is Cc1c(CC(=O)NC(C)(C)C(=O)O)c2c(F)c(O)ccc2n1C(=O)c1ccc(F)c(F)c1. The molecule has 0 aliphatic heterocycles. The number of carboxylic acids is 1. The minimum Gasteiger partial charge on any atom is -0.505 e. The maximum atomic E-state index is 14.8. The quantitative estimate of drug-likeness (QED) is 0.555. The fraction of sp³-hybridized carbons (Fsp3) is 0.227. The number of carboxylic acid groups (broad SMARTS) is 1. The molecule has 0 aliphatic carbocycles. The van der Waals surface area contributed by atoms with Crippen LogP contribution in [0.3, 0.4) is 0 Å². The van der Waals surface area contributed by atoms with Crippen LogP contribution < -0.4 is 5.32 Å². The van der Waals surface area contributed by atoms with E-state index in [2.05, 4.69) is 5.32 Å². The summed E-state index contributed by atoms with van der Waals surface area (Å²) in [5.41, 5.74) is -1.69. The Hall–Kier alpha value is -3.82. The molecule has 3 N–H and O–H groups in total. The third kappa shape index (κ3) is 3.91. The zero-order valence-electron chi connectivity index (χ0n) is 17.3. The van der Waals surface area contributed by atoms with Crippen LogP contribution >= 0.6 is 0 Å². The van der Waals surface area contributed by atoms with Gasteiger partial charge in [-0.2, -0.15) is 0 Å². The highest BCUT2D eigenvalue weighted by molar-refractivity contribution is 6.05. The van der Waals surface area contributed by atoms with Gasteiger partial charge in [0.05, 0.1) is 11.9 Å². The minimum atomic E-state index is -1.61. The van der Waals surface area contributed by atoms with Crippen molar-refractivity contribution in [2.75, 3.05) is 0 Å². The number of hydrogen-bond donors (Lipinski definition) is 3. The summed E-state index contributed by atoms with van der Waals surface area (Å²) in [5, 5.41) is 21.1. The molecule has 0 radical (unpaired) electrons. The zero-order chi connectivity index (χ0) is 24.0. The predicted molar refractivity (Wildman–Crippen MR) is 108 cm³/mol. The lowest BCUT2D eigenvalue weighted by Gasteiger charge is -2.21. The number of aromatic hydroxyl groups is 1. The summed E-state index contributed by atoms with van der Waals surface area (Å²) >= 11 is 0. The van der Waals surface area contributed by atoms with Gasteiger partial charge in [-0.05, 0) is 56.7 Å². The molecule has 0 atom stereocenters. The van der Waals surface area contributed by atoms with Crippen molar-refractivity contribution in [3.05, 3.63) is 64.6 Å². The first-order chi connectivity index (χ1) is 14.8. The van der Waals surface area contributed by atoms with Gasteiger partial charge in [0.2, 0.25) is 5.91 Å². The van der Waals surface area contributed by atoms with E-state index in [0.29, 0.717) is 6.07 Å². The molecule has 0 fully saturated rings. The Balaban J connectivity index is 2.16. The van der Waals surface area contributed by atoms with E-state index in [0.717, 1.165) is 22.8 Å². The molecule has 10 heteroatoms. The lowest BCUT2D eigenvalue weighted by molar-refractivity contribution is -0.145. The molecular formula is C22H19F3N2O5. The average molecular weight is 448 g/mol. The number of hydrogen-bond acceptors (Lipinski definition) is 4. The number of rotatable bonds is 5. The molecule has 0 spiro atoms. The molecule has 3 aromatic rings.